The van der Waals surface area contributed by atoms with Gasteiger partial charge >= 0.3 is 0 Å². The fourth-order valence-electron chi connectivity index (χ4n) is 4.51. The van der Waals surface area contributed by atoms with E-state index in [1.165, 1.54) is 16.4 Å². The van der Waals surface area contributed by atoms with Crippen LogP contribution < -0.4 is 10.2 Å². The summed E-state index contributed by atoms with van der Waals surface area (Å²) >= 11 is 0. The summed E-state index contributed by atoms with van der Waals surface area (Å²) in [4.78, 5) is 17.0. The average molecular weight is 506 g/mol. The second kappa shape index (κ2) is 13.0. The van der Waals surface area contributed by atoms with Crippen molar-refractivity contribution < 1.29 is 27.9 Å². The van der Waals surface area contributed by atoms with Gasteiger partial charge in [0.25, 0.3) is 5.91 Å². The maximum Gasteiger partial charge on any atom is 0.262 e. The van der Waals surface area contributed by atoms with Crippen LogP contribution in [0.25, 0.3) is 0 Å². The second-order valence-corrected chi connectivity index (χ2v) is 10.5. The van der Waals surface area contributed by atoms with Gasteiger partial charge in [-0.15, -0.1) is 0 Å². The average Bonchev–Trinajstić information content (AvgIpc) is 2.88. The Labute approximate surface area is 207 Å². The van der Waals surface area contributed by atoms with Crippen molar-refractivity contribution >= 4 is 15.9 Å². The van der Waals surface area contributed by atoms with E-state index in [4.69, 9.17) is 9.47 Å². The normalized spacial score (nSPS) is 19.3. The lowest BCUT2D eigenvalue weighted by atomic mass is 9.82. The number of amides is 1. The molecule has 1 aliphatic carbocycles. The fraction of sp³-hybridized carbons (Fsp3) is 0.520. The number of hydroxylamine groups is 1. The number of carbonyl (C=O) groups is 1. The number of nitrogens with zero attached hydrogens (tertiary/aromatic N) is 2. The van der Waals surface area contributed by atoms with E-state index < -0.39 is 22.0 Å². The van der Waals surface area contributed by atoms with E-state index >= 15 is 0 Å². The molecule has 2 aromatic rings. The van der Waals surface area contributed by atoms with E-state index in [0.29, 0.717) is 37.4 Å². The molecule has 0 spiro atoms. The summed E-state index contributed by atoms with van der Waals surface area (Å²) < 4.78 is 40.3. The molecule has 1 atom stereocenters. The van der Waals surface area contributed by atoms with Crippen molar-refractivity contribution in [2.45, 2.75) is 69.5 Å². The third-order valence-corrected chi connectivity index (χ3v) is 8.08. The molecule has 0 unspecified atom stereocenters. The number of sulfonamides is 1. The Kier molecular flexibility index (Phi) is 10.0. The Morgan fingerprint density at radius 3 is 2.34 bits per heavy atom. The highest BCUT2D eigenvalue weighted by Crippen LogP contribution is 2.34. The summed E-state index contributed by atoms with van der Waals surface area (Å²) in [6.07, 6.45) is 6.85. The molecule has 1 aromatic carbocycles. The lowest BCUT2D eigenvalue weighted by Gasteiger charge is -2.38. The molecule has 1 heterocycles. The van der Waals surface area contributed by atoms with Gasteiger partial charge in [0.05, 0.1) is 17.6 Å². The van der Waals surface area contributed by atoms with E-state index in [1.807, 2.05) is 6.92 Å². The number of rotatable bonds is 12. The number of hydrogen-bond donors (Lipinski definition) is 2. The molecule has 3 rings (SSSR count). The predicted octanol–water partition coefficient (Wildman–Crippen LogP) is 3.53. The first-order valence-corrected chi connectivity index (χ1v) is 13.5. The summed E-state index contributed by atoms with van der Waals surface area (Å²) in [5, 5.41) is 9.58. The topological polar surface area (TPSA) is 118 Å². The van der Waals surface area contributed by atoms with E-state index in [9.17, 15) is 18.4 Å². The van der Waals surface area contributed by atoms with E-state index in [0.717, 1.165) is 19.3 Å². The monoisotopic (exact) mass is 505 g/mol. The molecule has 35 heavy (non-hydrogen) atoms. The SMILES string of the molecule is CCCOC1CCC([C@H](C(=O)NO)N(Cc2ccncc2)S(=O)(=O)c2ccc(OCC)cc2)CC1. The predicted molar refractivity (Wildman–Crippen MR) is 130 cm³/mol. The smallest absolute Gasteiger partial charge is 0.262 e. The minimum Gasteiger partial charge on any atom is -0.494 e. The van der Waals surface area contributed by atoms with Crippen molar-refractivity contribution in [3.8, 4) is 5.75 Å². The van der Waals surface area contributed by atoms with Gasteiger partial charge in [0.1, 0.15) is 11.8 Å². The Balaban J connectivity index is 1.95. The van der Waals surface area contributed by atoms with Crippen molar-refractivity contribution in [1.82, 2.24) is 14.8 Å². The van der Waals surface area contributed by atoms with Gasteiger partial charge in [-0.25, -0.2) is 13.9 Å². The first-order chi connectivity index (χ1) is 16.9. The third-order valence-electron chi connectivity index (χ3n) is 6.24. The van der Waals surface area contributed by atoms with Crippen LogP contribution in [-0.4, -0.2) is 54.2 Å². The molecule has 1 fully saturated rings. The number of ether oxygens (including phenoxy) is 2. The van der Waals surface area contributed by atoms with Crippen LogP contribution in [0.15, 0.2) is 53.7 Å². The Morgan fingerprint density at radius 2 is 1.77 bits per heavy atom. The minimum absolute atomic E-state index is 0.0393. The molecular formula is C25H35N3O6S. The van der Waals surface area contributed by atoms with Gasteiger partial charge in [-0.3, -0.25) is 15.0 Å². The molecule has 1 saturated carbocycles. The highest BCUT2D eigenvalue weighted by atomic mass is 32.2. The minimum atomic E-state index is -4.11. The first-order valence-electron chi connectivity index (χ1n) is 12.1. The second-order valence-electron chi connectivity index (χ2n) is 8.64. The lowest BCUT2D eigenvalue weighted by Crippen LogP contribution is -2.53. The number of benzene rings is 1. The van der Waals surface area contributed by atoms with E-state index in [-0.39, 0.29) is 23.5 Å². The molecule has 0 saturated heterocycles. The maximum atomic E-state index is 13.9. The Bertz CT molecular complexity index is 1020. The van der Waals surface area contributed by atoms with Crippen LogP contribution >= 0.6 is 0 Å². The molecule has 0 bridgehead atoms. The third kappa shape index (κ3) is 7.00. The standard InChI is InChI=1S/C25H35N3O6S/c1-3-17-34-22-7-5-20(6-8-22)24(25(29)27-30)28(18-19-13-15-26-16-14-19)35(31,32)23-11-9-21(10-12-23)33-4-2/h9-16,20,22,24,30H,3-8,17-18H2,1-2H3,(H,27,29)/t20?,22?,24-/m1/s1. The van der Waals surface area contributed by atoms with Gasteiger partial charge in [-0.05, 0) is 86.9 Å². The van der Waals surface area contributed by atoms with Crippen LogP contribution in [0.4, 0.5) is 0 Å². The number of nitrogens with one attached hydrogen (secondary N) is 1. The van der Waals surface area contributed by atoms with Gasteiger partial charge in [-0.2, -0.15) is 4.31 Å². The molecule has 0 radical (unpaired) electrons. The molecule has 0 aliphatic heterocycles. The molecular weight excluding hydrogens is 470 g/mol. The van der Waals surface area contributed by atoms with Crippen LogP contribution in [0.1, 0.15) is 51.5 Å². The highest BCUT2D eigenvalue weighted by molar-refractivity contribution is 7.89. The number of pyridine rings is 1. The van der Waals surface area contributed by atoms with Crippen molar-refractivity contribution in [2.75, 3.05) is 13.2 Å². The van der Waals surface area contributed by atoms with Crippen LogP contribution in [0, 0.1) is 5.92 Å². The summed E-state index contributed by atoms with van der Waals surface area (Å²) in [5.74, 6) is -0.461. The molecule has 1 amide bonds. The zero-order valence-electron chi connectivity index (χ0n) is 20.3. The molecule has 9 nitrogen and oxygen atoms in total. The fourth-order valence-corrected chi connectivity index (χ4v) is 6.15. The van der Waals surface area contributed by atoms with Crippen LogP contribution in [0.2, 0.25) is 0 Å². The molecule has 10 heteroatoms. The molecule has 1 aromatic heterocycles. The molecule has 2 N–H and O–H groups in total. The zero-order valence-corrected chi connectivity index (χ0v) is 21.1. The first kappa shape index (κ1) is 27.1. The van der Waals surface area contributed by atoms with Gasteiger partial charge in [0.15, 0.2) is 0 Å². The summed E-state index contributed by atoms with van der Waals surface area (Å²) in [6, 6.07) is 8.48. The summed E-state index contributed by atoms with van der Waals surface area (Å²) in [6.45, 7) is 5.00. The van der Waals surface area contributed by atoms with Crippen molar-refractivity contribution in [2.24, 2.45) is 5.92 Å². The quantitative estimate of drug-likeness (QED) is 0.335. The summed E-state index contributed by atoms with van der Waals surface area (Å²) in [7, 11) is -4.11. The van der Waals surface area contributed by atoms with Crippen molar-refractivity contribution in [3.05, 3.63) is 54.4 Å². The lowest BCUT2D eigenvalue weighted by molar-refractivity contribution is -0.136. The van der Waals surface area contributed by atoms with Crippen LogP contribution in [0.5, 0.6) is 5.75 Å². The number of hydrogen-bond acceptors (Lipinski definition) is 7. The maximum absolute atomic E-state index is 13.9. The van der Waals surface area contributed by atoms with Crippen LogP contribution in [0.3, 0.4) is 0 Å². The van der Waals surface area contributed by atoms with Gasteiger partial charge in [0.2, 0.25) is 10.0 Å². The Hall–Kier alpha value is -2.53. The van der Waals surface area contributed by atoms with Gasteiger partial charge in [-0.1, -0.05) is 6.92 Å². The van der Waals surface area contributed by atoms with Crippen molar-refractivity contribution in [3.63, 3.8) is 0 Å². The van der Waals surface area contributed by atoms with E-state index in [2.05, 4.69) is 11.9 Å². The zero-order chi connectivity index (χ0) is 25.3. The van der Waals surface area contributed by atoms with Gasteiger partial charge < -0.3 is 9.47 Å². The molecule has 192 valence electrons. The van der Waals surface area contributed by atoms with E-state index in [1.54, 1.807) is 42.1 Å². The number of aromatic nitrogens is 1. The summed E-state index contributed by atoms with van der Waals surface area (Å²) in [5.41, 5.74) is 2.40. The van der Waals surface area contributed by atoms with Crippen molar-refractivity contribution in [1.29, 1.82) is 0 Å². The Morgan fingerprint density at radius 1 is 1.11 bits per heavy atom. The van der Waals surface area contributed by atoms with Crippen LogP contribution in [-0.2, 0) is 26.1 Å². The molecule has 1 aliphatic rings. The highest BCUT2D eigenvalue weighted by Gasteiger charge is 2.42. The largest absolute Gasteiger partial charge is 0.494 e. The van der Waals surface area contributed by atoms with Gasteiger partial charge in [0, 0.05) is 25.5 Å². The number of carbonyl (C=O) groups excluding carboxylic acids is 1.